The Morgan fingerprint density at radius 3 is 2.14 bits per heavy atom. The molecule has 276 valence electrons. The van der Waals surface area contributed by atoms with Gasteiger partial charge in [-0.2, -0.15) is 16.9 Å². The second kappa shape index (κ2) is 20.4. The lowest BCUT2D eigenvalue weighted by Crippen LogP contribution is -2.55. The number of aliphatic hydroxyl groups is 1. The molecular weight excluding hydrogens is 644 g/mol. The molecule has 0 spiro atoms. The van der Waals surface area contributed by atoms with Crippen molar-refractivity contribution in [1.29, 1.82) is 0 Å². The number of hydrogen-bond acceptors (Lipinski definition) is 8. The molecule has 0 aliphatic heterocycles. The van der Waals surface area contributed by atoms with Gasteiger partial charge in [-0.3, -0.25) is 23.9 Å². The smallest absolute Gasteiger partial charge is 0.243 e. The van der Waals surface area contributed by atoms with E-state index in [0.717, 1.165) is 11.4 Å². The number of aromatic nitrogens is 2. The van der Waals surface area contributed by atoms with Crippen LogP contribution >= 0.6 is 11.8 Å². The number of furan rings is 1. The van der Waals surface area contributed by atoms with Gasteiger partial charge in [0.05, 0.1) is 43.1 Å². The van der Waals surface area contributed by atoms with Crippen LogP contribution in [0.4, 0.5) is 0 Å². The molecule has 49 heavy (non-hydrogen) atoms. The van der Waals surface area contributed by atoms with Gasteiger partial charge < -0.3 is 30.8 Å². The summed E-state index contributed by atoms with van der Waals surface area (Å²) in [5, 5.41) is 27.6. The number of nitrogens with zero attached hydrogens (tertiary/aromatic N) is 2. The minimum atomic E-state index is -1.04. The van der Waals surface area contributed by atoms with Crippen LogP contribution in [-0.2, 0) is 32.3 Å². The van der Waals surface area contributed by atoms with Gasteiger partial charge in [-0.15, -0.1) is 0 Å². The number of thioether (sulfide) groups is 1. The molecule has 4 amide bonds. The van der Waals surface area contributed by atoms with Crippen LogP contribution in [0.25, 0.3) is 0 Å². The lowest BCUT2D eigenvalue weighted by molar-refractivity contribution is -0.133. The maximum Gasteiger partial charge on any atom is 0.243 e. The highest BCUT2D eigenvalue weighted by Gasteiger charge is 2.33. The topological polar surface area (TPSA) is 168 Å². The Balaban J connectivity index is 2.11. The van der Waals surface area contributed by atoms with E-state index in [4.69, 9.17) is 4.42 Å². The molecule has 6 atom stereocenters. The van der Waals surface area contributed by atoms with Crippen molar-refractivity contribution in [2.24, 2.45) is 29.6 Å². The molecular formula is C36H60N6O6S. The quantitative estimate of drug-likeness (QED) is 0.130. The van der Waals surface area contributed by atoms with Crippen molar-refractivity contribution >= 4 is 35.4 Å². The zero-order valence-electron chi connectivity index (χ0n) is 31.0. The summed E-state index contributed by atoms with van der Waals surface area (Å²) in [6.45, 7) is 17.8. The van der Waals surface area contributed by atoms with Crippen LogP contribution in [0.5, 0.6) is 0 Å². The molecule has 1 unspecified atom stereocenters. The Hall–Kier alpha value is -3.32. The van der Waals surface area contributed by atoms with Crippen molar-refractivity contribution in [3.05, 3.63) is 41.6 Å². The van der Waals surface area contributed by atoms with E-state index < -0.39 is 36.1 Å². The first-order chi connectivity index (χ1) is 23.0. The number of amides is 4. The lowest BCUT2D eigenvalue weighted by Gasteiger charge is -2.30. The number of carbonyl (C=O) groups is 4. The summed E-state index contributed by atoms with van der Waals surface area (Å²) in [5.41, 5.74) is 1.85. The fraction of sp³-hybridized carbons (Fsp3) is 0.694. The first-order valence-corrected chi connectivity index (χ1v) is 18.8. The Morgan fingerprint density at radius 1 is 0.918 bits per heavy atom. The first kappa shape index (κ1) is 41.8. The standard InChI is InChI=1S/C36H60N6O6S/c1-21(2)16-30(31(43)17-24(7)33(44)40-32(23(5)6)36(47)37-19-27-12-11-14-48-27)39-35(46)29(13-15-49-10)38-34(45)28(22(3)4)20-42-26(9)18-25(8)41-42/h11-12,14,18,21-24,28-32,43H,13,15-17,19-20H2,1-10H3,(H,37,47)(H,38,45)(H,39,46)(H,40,44)/t24-,28?,29+,30+,31+,32+/m1/s1. The van der Waals surface area contributed by atoms with Crippen LogP contribution in [0.3, 0.4) is 0 Å². The Labute approximate surface area is 296 Å². The summed E-state index contributed by atoms with van der Waals surface area (Å²) in [5.74, 6) is -1.11. The summed E-state index contributed by atoms with van der Waals surface area (Å²) in [4.78, 5) is 53.5. The van der Waals surface area contributed by atoms with Crippen molar-refractivity contribution < 1.29 is 28.7 Å². The molecule has 0 aliphatic rings. The predicted octanol–water partition coefficient (Wildman–Crippen LogP) is 3.98. The van der Waals surface area contributed by atoms with Crippen molar-refractivity contribution in [2.75, 3.05) is 12.0 Å². The van der Waals surface area contributed by atoms with E-state index in [2.05, 4.69) is 26.4 Å². The molecule has 2 rings (SSSR count). The summed E-state index contributed by atoms with van der Waals surface area (Å²) in [7, 11) is 0. The van der Waals surface area contributed by atoms with Gasteiger partial charge >= 0.3 is 0 Å². The van der Waals surface area contributed by atoms with Crippen LogP contribution in [-0.4, -0.2) is 74.8 Å². The van der Waals surface area contributed by atoms with Crippen LogP contribution in [0.1, 0.15) is 84.9 Å². The fourth-order valence-corrected chi connectivity index (χ4v) is 6.16. The van der Waals surface area contributed by atoms with E-state index in [1.54, 1.807) is 30.8 Å². The highest BCUT2D eigenvalue weighted by molar-refractivity contribution is 7.98. The minimum Gasteiger partial charge on any atom is -0.467 e. The molecule has 2 aromatic rings. The Morgan fingerprint density at radius 2 is 1.61 bits per heavy atom. The average Bonchev–Trinajstić information content (AvgIpc) is 3.66. The molecule has 0 radical (unpaired) electrons. The van der Waals surface area contributed by atoms with Crippen LogP contribution < -0.4 is 21.3 Å². The third-order valence-corrected chi connectivity index (χ3v) is 9.33. The SMILES string of the molecule is CSCC[C@H](NC(=O)C(Cn1nc(C)cc1C)C(C)C)C(=O)N[C@@H](CC(C)C)[C@@H](O)C[C@@H](C)C(=O)N[C@H](C(=O)NCc1ccco1)C(C)C. The molecule has 0 saturated carbocycles. The van der Waals surface area contributed by atoms with Gasteiger partial charge in [0.1, 0.15) is 17.8 Å². The van der Waals surface area contributed by atoms with Crippen molar-refractivity contribution in [3.63, 3.8) is 0 Å². The van der Waals surface area contributed by atoms with E-state index in [1.165, 1.54) is 6.26 Å². The zero-order chi connectivity index (χ0) is 36.8. The monoisotopic (exact) mass is 704 g/mol. The zero-order valence-corrected chi connectivity index (χ0v) is 31.9. The first-order valence-electron chi connectivity index (χ1n) is 17.4. The van der Waals surface area contributed by atoms with Crippen molar-refractivity contribution in [3.8, 4) is 0 Å². The van der Waals surface area contributed by atoms with Gasteiger partial charge in [-0.25, -0.2) is 0 Å². The molecule has 2 aromatic heterocycles. The lowest BCUT2D eigenvalue weighted by atomic mass is 9.91. The summed E-state index contributed by atoms with van der Waals surface area (Å²) < 4.78 is 7.11. The maximum absolute atomic E-state index is 13.8. The highest BCUT2D eigenvalue weighted by Crippen LogP contribution is 2.19. The average molecular weight is 705 g/mol. The third-order valence-electron chi connectivity index (χ3n) is 8.68. The summed E-state index contributed by atoms with van der Waals surface area (Å²) >= 11 is 1.58. The van der Waals surface area contributed by atoms with Crippen LogP contribution in [0.15, 0.2) is 28.9 Å². The van der Waals surface area contributed by atoms with Crippen molar-refractivity contribution in [2.45, 2.75) is 119 Å². The summed E-state index contributed by atoms with van der Waals surface area (Å²) in [6, 6.07) is 3.24. The minimum absolute atomic E-state index is 0.00805. The largest absolute Gasteiger partial charge is 0.467 e. The Bertz CT molecular complexity index is 1330. The number of nitrogens with one attached hydrogen (secondary N) is 4. The molecule has 13 heteroatoms. The van der Waals surface area contributed by atoms with Gasteiger partial charge in [0.2, 0.25) is 23.6 Å². The molecule has 0 saturated heterocycles. The number of carbonyl (C=O) groups excluding carboxylic acids is 4. The van der Waals surface area contributed by atoms with E-state index >= 15 is 0 Å². The fourth-order valence-electron chi connectivity index (χ4n) is 5.69. The second-order valence-corrected chi connectivity index (χ2v) is 15.3. The molecule has 0 fully saturated rings. The van der Waals surface area contributed by atoms with Gasteiger partial charge in [0, 0.05) is 11.6 Å². The maximum atomic E-state index is 13.8. The van der Waals surface area contributed by atoms with E-state index in [1.807, 2.05) is 72.4 Å². The van der Waals surface area contributed by atoms with E-state index in [0.29, 0.717) is 30.9 Å². The molecule has 0 aromatic carbocycles. The van der Waals surface area contributed by atoms with Gasteiger partial charge in [0.25, 0.3) is 0 Å². The Kier molecular flexibility index (Phi) is 17.4. The molecule has 0 bridgehead atoms. The van der Waals surface area contributed by atoms with Gasteiger partial charge in [-0.05, 0) is 81.1 Å². The number of rotatable bonds is 21. The van der Waals surface area contributed by atoms with Gasteiger partial charge in [0.15, 0.2) is 0 Å². The van der Waals surface area contributed by atoms with Crippen LogP contribution in [0, 0.1) is 43.4 Å². The number of aliphatic hydroxyl groups excluding tert-OH is 1. The van der Waals surface area contributed by atoms with Gasteiger partial charge in [-0.1, -0.05) is 48.5 Å². The molecule has 2 heterocycles. The highest BCUT2D eigenvalue weighted by atomic mass is 32.2. The van der Waals surface area contributed by atoms with Crippen LogP contribution in [0.2, 0.25) is 0 Å². The second-order valence-electron chi connectivity index (χ2n) is 14.3. The molecule has 12 nitrogen and oxygen atoms in total. The number of hydrogen-bond donors (Lipinski definition) is 5. The van der Waals surface area contributed by atoms with E-state index in [9.17, 15) is 24.3 Å². The number of aryl methyl sites for hydroxylation is 2. The predicted molar refractivity (Wildman–Crippen MR) is 193 cm³/mol. The molecule has 5 N–H and O–H groups in total. The third kappa shape index (κ3) is 13.8. The summed E-state index contributed by atoms with van der Waals surface area (Å²) in [6.07, 6.45) is 3.40. The normalized spacial score (nSPS) is 15.4. The van der Waals surface area contributed by atoms with Crippen molar-refractivity contribution in [1.82, 2.24) is 31.0 Å². The molecule has 0 aliphatic carbocycles. The van der Waals surface area contributed by atoms with E-state index in [-0.39, 0.29) is 54.3 Å².